The van der Waals surface area contributed by atoms with E-state index in [0.29, 0.717) is 13.1 Å². The van der Waals surface area contributed by atoms with E-state index in [-0.39, 0.29) is 22.8 Å². The van der Waals surface area contributed by atoms with E-state index in [0.717, 1.165) is 6.42 Å². The Morgan fingerprint density at radius 3 is 1.89 bits per heavy atom. The molecule has 1 fully saturated rings. The van der Waals surface area contributed by atoms with Gasteiger partial charge >= 0.3 is 0 Å². The Morgan fingerprint density at radius 2 is 1.50 bits per heavy atom. The Bertz CT molecular complexity index is 404. The van der Waals surface area contributed by atoms with Crippen LogP contribution in [-0.4, -0.2) is 43.8 Å². The van der Waals surface area contributed by atoms with Crippen molar-refractivity contribution in [3.63, 3.8) is 0 Å². The largest absolute Gasteiger partial charge is 0.340 e. The number of carbonyl (C=O) groups is 1. The van der Waals surface area contributed by atoms with Crippen LogP contribution in [0, 0.1) is 10.8 Å². The molecule has 0 bridgehead atoms. The van der Waals surface area contributed by atoms with Crippen molar-refractivity contribution in [1.82, 2.24) is 4.90 Å². The fourth-order valence-corrected chi connectivity index (χ4v) is 3.95. The molecule has 1 saturated heterocycles. The van der Waals surface area contributed by atoms with Gasteiger partial charge in [-0.25, -0.2) is 8.42 Å². The predicted octanol–water partition coefficient (Wildman–Crippen LogP) is 1.71. The molecule has 1 heterocycles. The molecule has 0 aliphatic carbocycles. The van der Waals surface area contributed by atoms with Crippen LogP contribution in [0.4, 0.5) is 0 Å². The fourth-order valence-electron chi connectivity index (χ4n) is 2.74. The number of hydrogen-bond acceptors (Lipinski definition) is 3. The molecule has 0 N–H and O–H groups in total. The molecule has 106 valence electrons. The molecule has 1 rings (SSSR count). The van der Waals surface area contributed by atoms with Gasteiger partial charge in [-0.05, 0) is 11.8 Å². The summed E-state index contributed by atoms with van der Waals surface area (Å²) in [5.41, 5.74) is -0.347. The van der Waals surface area contributed by atoms with Crippen LogP contribution >= 0.6 is 0 Å². The van der Waals surface area contributed by atoms with Gasteiger partial charge in [0.15, 0.2) is 9.84 Å². The molecule has 0 aromatic heterocycles. The number of hydrogen-bond donors (Lipinski definition) is 0. The van der Waals surface area contributed by atoms with Gasteiger partial charge in [-0.2, -0.15) is 0 Å². The van der Waals surface area contributed by atoms with Gasteiger partial charge in [-0.3, -0.25) is 4.79 Å². The summed E-state index contributed by atoms with van der Waals surface area (Å²) in [6.07, 6.45) is 0.794. The Balaban J connectivity index is 2.70. The van der Waals surface area contributed by atoms with Crippen LogP contribution in [-0.2, 0) is 14.6 Å². The van der Waals surface area contributed by atoms with E-state index >= 15 is 0 Å². The zero-order chi connectivity index (χ0) is 14.2. The maximum Gasteiger partial charge on any atom is 0.228 e. The second-order valence-corrected chi connectivity index (χ2v) is 9.37. The third kappa shape index (κ3) is 4.26. The smallest absolute Gasteiger partial charge is 0.228 e. The van der Waals surface area contributed by atoms with Crippen molar-refractivity contribution in [1.29, 1.82) is 0 Å². The summed E-state index contributed by atoms with van der Waals surface area (Å²) in [5.74, 6) is 0.279. The fraction of sp³-hybridized carbons (Fsp3) is 0.923. The highest BCUT2D eigenvalue weighted by Crippen LogP contribution is 2.34. The maximum absolute atomic E-state index is 12.4. The number of rotatable bonds is 2. The van der Waals surface area contributed by atoms with Crippen LogP contribution in [0.2, 0.25) is 0 Å². The lowest BCUT2D eigenvalue weighted by atomic mass is 9.75. The molecule has 1 amide bonds. The van der Waals surface area contributed by atoms with E-state index in [1.807, 2.05) is 13.8 Å². The Morgan fingerprint density at radius 1 is 1.06 bits per heavy atom. The molecule has 0 saturated carbocycles. The highest BCUT2D eigenvalue weighted by molar-refractivity contribution is 7.91. The lowest BCUT2D eigenvalue weighted by Crippen LogP contribution is -2.49. The van der Waals surface area contributed by atoms with Crippen molar-refractivity contribution in [3.05, 3.63) is 0 Å². The van der Waals surface area contributed by atoms with Gasteiger partial charge in [0.05, 0.1) is 11.5 Å². The summed E-state index contributed by atoms with van der Waals surface area (Å²) < 4.78 is 22.7. The first-order chi connectivity index (χ1) is 7.93. The Kier molecular flexibility index (Phi) is 4.16. The molecule has 4 nitrogen and oxygen atoms in total. The zero-order valence-electron chi connectivity index (χ0n) is 12.1. The first-order valence-electron chi connectivity index (χ1n) is 6.43. The van der Waals surface area contributed by atoms with Gasteiger partial charge in [0, 0.05) is 18.5 Å². The second-order valence-electron chi connectivity index (χ2n) is 7.07. The molecule has 5 heteroatoms. The lowest BCUT2D eigenvalue weighted by Gasteiger charge is -2.37. The van der Waals surface area contributed by atoms with Gasteiger partial charge in [-0.1, -0.05) is 34.6 Å². The van der Waals surface area contributed by atoms with Crippen molar-refractivity contribution >= 4 is 15.7 Å². The molecule has 1 aliphatic rings. The van der Waals surface area contributed by atoms with Crippen molar-refractivity contribution in [2.45, 2.75) is 41.0 Å². The predicted molar refractivity (Wildman–Crippen MR) is 73.1 cm³/mol. The van der Waals surface area contributed by atoms with Crippen LogP contribution < -0.4 is 0 Å². The number of nitrogens with zero attached hydrogens (tertiary/aromatic N) is 1. The summed E-state index contributed by atoms with van der Waals surface area (Å²) >= 11 is 0. The van der Waals surface area contributed by atoms with E-state index in [2.05, 4.69) is 20.8 Å². The number of carbonyl (C=O) groups excluding carboxylic acids is 1. The van der Waals surface area contributed by atoms with Crippen LogP contribution in [0.5, 0.6) is 0 Å². The van der Waals surface area contributed by atoms with Gasteiger partial charge in [0.1, 0.15) is 0 Å². The Hall–Kier alpha value is -0.580. The summed E-state index contributed by atoms with van der Waals surface area (Å²) in [7, 11) is -2.92. The van der Waals surface area contributed by atoms with Crippen molar-refractivity contribution < 1.29 is 13.2 Å². The van der Waals surface area contributed by atoms with E-state index in [4.69, 9.17) is 0 Å². The molecule has 0 aromatic carbocycles. The molecule has 0 spiro atoms. The van der Waals surface area contributed by atoms with Gasteiger partial charge in [0.25, 0.3) is 0 Å². The highest BCUT2D eigenvalue weighted by atomic mass is 32.2. The first kappa shape index (κ1) is 15.5. The summed E-state index contributed by atoms with van der Waals surface area (Å²) in [6.45, 7) is 10.9. The average molecular weight is 275 g/mol. The summed E-state index contributed by atoms with van der Waals surface area (Å²) in [5, 5.41) is 0. The topological polar surface area (TPSA) is 54.5 Å². The van der Waals surface area contributed by atoms with Crippen LogP contribution in [0.1, 0.15) is 41.0 Å². The lowest BCUT2D eigenvalue weighted by molar-refractivity contribution is -0.141. The standard InChI is InChI=1S/C13H25NO3S/c1-12(2,3)10-13(4,5)11(15)14-6-8-18(16,17)9-7-14/h6-10H2,1-5H3. The van der Waals surface area contributed by atoms with E-state index in [1.165, 1.54) is 0 Å². The van der Waals surface area contributed by atoms with Crippen molar-refractivity contribution in [2.24, 2.45) is 10.8 Å². The summed E-state index contributed by atoms with van der Waals surface area (Å²) in [6, 6.07) is 0. The van der Waals surface area contributed by atoms with Crippen molar-refractivity contribution in [2.75, 3.05) is 24.6 Å². The molecule has 0 radical (unpaired) electrons. The monoisotopic (exact) mass is 275 g/mol. The minimum Gasteiger partial charge on any atom is -0.340 e. The van der Waals surface area contributed by atoms with Crippen LogP contribution in [0.15, 0.2) is 0 Å². The van der Waals surface area contributed by atoms with Gasteiger partial charge in [0.2, 0.25) is 5.91 Å². The zero-order valence-corrected chi connectivity index (χ0v) is 12.9. The molecule has 0 atom stereocenters. The quantitative estimate of drug-likeness (QED) is 0.771. The third-order valence-corrected chi connectivity index (χ3v) is 4.79. The third-order valence-electron chi connectivity index (χ3n) is 3.18. The molecule has 18 heavy (non-hydrogen) atoms. The summed E-state index contributed by atoms with van der Waals surface area (Å²) in [4.78, 5) is 14.1. The SMILES string of the molecule is CC(C)(C)CC(C)(C)C(=O)N1CCS(=O)(=O)CC1. The van der Waals surface area contributed by atoms with Crippen molar-refractivity contribution in [3.8, 4) is 0 Å². The average Bonchev–Trinajstić information content (AvgIpc) is 2.13. The molecule has 1 aliphatic heterocycles. The minimum atomic E-state index is -2.92. The molecule has 0 aromatic rings. The maximum atomic E-state index is 12.4. The van der Waals surface area contributed by atoms with E-state index < -0.39 is 15.3 Å². The minimum absolute atomic E-state index is 0.0762. The van der Waals surface area contributed by atoms with E-state index in [9.17, 15) is 13.2 Å². The number of amides is 1. The first-order valence-corrected chi connectivity index (χ1v) is 8.25. The Labute approximate surface area is 111 Å². The second kappa shape index (κ2) is 4.83. The van der Waals surface area contributed by atoms with E-state index in [1.54, 1.807) is 4.90 Å². The number of sulfone groups is 1. The molecule has 0 unspecified atom stereocenters. The molecular weight excluding hydrogens is 250 g/mol. The van der Waals surface area contributed by atoms with Crippen LogP contribution in [0.3, 0.4) is 0 Å². The van der Waals surface area contributed by atoms with Gasteiger partial charge in [-0.15, -0.1) is 0 Å². The van der Waals surface area contributed by atoms with Gasteiger partial charge < -0.3 is 4.90 Å². The normalized spacial score (nSPS) is 20.8. The highest BCUT2D eigenvalue weighted by Gasteiger charge is 2.37. The molecular formula is C13H25NO3S. The van der Waals surface area contributed by atoms with Crippen LogP contribution in [0.25, 0.3) is 0 Å².